The Bertz CT molecular complexity index is 1350. The quantitative estimate of drug-likeness (QED) is 0.264. The number of ketones is 1. The molecule has 0 unspecified atom stereocenters. The maximum absolute atomic E-state index is 13.4. The fourth-order valence-corrected chi connectivity index (χ4v) is 4.43. The van der Waals surface area contributed by atoms with Crippen molar-refractivity contribution in [3.63, 3.8) is 0 Å². The van der Waals surface area contributed by atoms with Crippen molar-refractivity contribution in [3.05, 3.63) is 118 Å². The molecule has 8 heteroatoms. The number of hydrogen-bond donors (Lipinski definition) is 0. The van der Waals surface area contributed by atoms with Gasteiger partial charge in [-0.1, -0.05) is 54.6 Å². The molecule has 188 valence electrons. The van der Waals surface area contributed by atoms with Crippen LogP contribution in [0.4, 0.5) is 26.3 Å². The van der Waals surface area contributed by atoms with E-state index in [1.54, 1.807) is 30.3 Å². The number of carbonyl (C=O) groups excluding carboxylic acids is 1. The van der Waals surface area contributed by atoms with Gasteiger partial charge in [0.05, 0.1) is 22.6 Å². The molecule has 0 aromatic heterocycles. The molecule has 1 aliphatic rings. The van der Waals surface area contributed by atoms with E-state index in [2.05, 4.69) is 6.07 Å². The molecule has 1 fully saturated rings. The molecule has 0 heterocycles. The summed E-state index contributed by atoms with van der Waals surface area (Å²) in [5.74, 6) is -0.531. The van der Waals surface area contributed by atoms with E-state index < -0.39 is 34.7 Å². The van der Waals surface area contributed by atoms with Crippen LogP contribution in [0.2, 0.25) is 0 Å². The van der Waals surface area contributed by atoms with Crippen LogP contribution in [0.5, 0.6) is 0 Å². The molecule has 0 radical (unpaired) electrons. The SMILES string of the molecule is N#CC1(c2ccccc2)C/C(=C/c2cccc(C(F)(F)F)c2)C(=O)/C(=C\c2cccc(C(F)(F)F)c2)C1. The fourth-order valence-electron chi connectivity index (χ4n) is 4.43. The molecule has 1 aliphatic carbocycles. The van der Waals surface area contributed by atoms with E-state index in [9.17, 15) is 36.4 Å². The van der Waals surface area contributed by atoms with Gasteiger partial charge >= 0.3 is 12.4 Å². The highest BCUT2D eigenvalue weighted by atomic mass is 19.4. The van der Waals surface area contributed by atoms with Crippen LogP contribution in [0.1, 0.15) is 40.7 Å². The minimum Gasteiger partial charge on any atom is -0.289 e. The van der Waals surface area contributed by atoms with Crippen molar-refractivity contribution in [1.82, 2.24) is 0 Å². The predicted octanol–water partition coefficient (Wildman–Crippen LogP) is 8.02. The first-order valence-electron chi connectivity index (χ1n) is 11.2. The first-order chi connectivity index (χ1) is 17.4. The van der Waals surface area contributed by atoms with Gasteiger partial charge in [-0.15, -0.1) is 0 Å². The third-order valence-electron chi connectivity index (χ3n) is 6.22. The summed E-state index contributed by atoms with van der Waals surface area (Å²) < 4.78 is 79.3. The van der Waals surface area contributed by atoms with E-state index in [1.165, 1.54) is 36.4 Å². The molecule has 0 spiro atoms. The number of Topliss-reactive ketones (excluding diaryl/α,β-unsaturated/α-hetero) is 1. The maximum Gasteiger partial charge on any atom is 0.416 e. The molecule has 0 bridgehead atoms. The molecule has 0 aliphatic heterocycles. The van der Waals surface area contributed by atoms with Gasteiger partial charge in [0.1, 0.15) is 0 Å². The Hall–Kier alpha value is -4.12. The Morgan fingerprint density at radius 3 is 1.57 bits per heavy atom. The van der Waals surface area contributed by atoms with Crippen molar-refractivity contribution in [2.75, 3.05) is 0 Å². The van der Waals surface area contributed by atoms with E-state index in [4.69, 9.17) is 0 Å². The molecule has 0 amide bonds. The zero-order valence-electron chi connectivity index (χ0n) is 19.2. The summed E-state index contributed by atoms with van der Waals surface area (Å²) >= 11 is 0. The summed E-state index contributed by atoms with van der Waals surface area (Å²) in [5, 5.41) is 10.2. The van der Waals surface area contributed by atoms with Crippen LogP contribution in [0.25, 0.3) is 12.2 Å². The fraction of sp³-hybridized carbons (Fsp3) is 0.172. The van der Waals surface area contributed by atoms with Gasteiger partial charge in [0.2, 0.25) is 0 Å². The monoisotopic (exact) mass is 511 g/mol. The van der Waals surface area contributed by atoms with Crippen LogP contribution < -0.4 is 0 Å². The molecule has 1 saturated carbocycles. The zero-order valence-corrected chi connectivity index (χ0v) is 19.2. The van der Waals surface area contributed by atoms with Crippen molar-refractivity contribution < 1.29 is 31.1 Å². The molecular formula is C29H19F6NO. The Labute approximate surface area is 209 Å². The van der Waals surface area contributed by atoms with Gasteiger partial charge in [0.15, 0.2) is 5.78 Å². The molecule has 0 atom stereocenters. The van der Waals surface area contributed by atoms with Gasteiger partial charge in [0, 0.05) is 11.1 Å². The minimum absolute atomic E-state index is 0.0669. The van der Waals surface area contributed by atoms with Crippen LogP contribution in [0.3, 0.4) is 0 Å². The smallest absolute Gasteiger partial charge is 0.289 e. The molecule has 37 heavy (non-hydrogen) atoms. The van der Waals surface area contributed by atoms with Crippen molar-refractivity contribution in [3.8, 4) is 6.07 Å². The number of hydrogen-bond acceptors (Lipinski definition) is 2. The zero-order chi connectivity index (χ0) is 26.8. The van der Waals surface area contributed by atoms with Crippen molar-refractivity contribution >= 4 is 17.9 Å². The Kier molecular flexibility index (Phi) is 6.83. The number of alkyl halides is 6. The first kappa shape index (κ1) is 26.0. The van der Waals surface area contributed by atoms with E-state index in [1.807, 2.05) is 0 Å². The number of nitriles is 1. The average molecular weight is 511 g/mol. The number of carbonyl (C=O) groups is 1. The van der Waals surface area contributed by atoms with E-state index in [0.29, 0.717) is 5.56 Å². The highest BCUT2D eigenvalue weighted by Crippen LogP contribution is 2.44. The largest absolute Gasteiger partial charge is 0.416 e. The van der Waals surface area contributed by atoms with Crippen LogP contribution in [0, 0.1) is 11.3 Å². The van der Waals surface area contributed by atoms with Gasteiger partial charge in [-0.3, -0.25) is 4.79 Å². The number of rotatable bonds is 3. The molecule has 2 nitrogen and oxygen atoms in total. The summed E-state index contributed by atoms with van der Waals surface area (Å²) in [6.07, 6.45) is -6.68. The van der Waals surface area contributed by atoms with Crippen LogP contribution in [-0.2, 0) is 22.6 Å². The standard InChI is InChI=1S/C29H19F6NO/c30-28(31,32)24-10-4-6-19(14-24)12-21-16-27(18-36,23-8-2-1-3-9-23)17-22(26(21)37)13-20-7-5-11-25(15-20)29(33,34)35/h1-15H,16-17H2/b21-12-,22-13-. The van der Waals surface area contributed by atoms with Gasteiger partial charge < -0.3 is 0 Å². The van der Waals surface area contributed by atoms with Crippen LogP contribution in [0.15, 0.2) is 90.0 Å². The van der Waals surface area contributed by atoms with Gasteiger partial charge in [-0.2, -0.15) is 31.6 Å². The molecule has 3 aromatic carbocycles. The molecule has 3 aromatic rings. The number of halogens is 6. The summed E-state index contributed by atoms with van der Waals surface area (Å²) in [6, 6.07) is 19.8. The highest BCUT2D eigenvalue weighted by molar-refractivity contribution is 6.14. The highest BCUT2D eigenvalue weighted by Gasteiger charge is 2.42. The topological polar surface area (TPSA) is 40.9 Å². The van der Waals surface area contributed by atoms with Gasteiger partial charge in [0.25, 0.3) is 0 Å². The van der Waals surface area contributed by atoms with Gasteiger partial charge in [-0.25, -0.2) is 0 Å². The average Bonchev–Trinajstić information content (AvgIpc) is 2.86. The number of benzene rings is 3. The first-order valence-corrected chi connectivity index (χ1v) is 11.2. The molecule has 0 N–H and O–H groups in total. The summed E-state index contributed by atoms with van der Waals surface area (Å²) in [4.78, 5) is 13.4. The molecule has 4 rings (SSSR count). The van der Waals surface area contributed by atoms with Crippen molar-refractivity contribution in [1.29, 1.82) is 5.26 Å². The summed E-state index contributed by atoms with van der Waals surface area (Å²) in [5.41, 5.74) is -2.00. The normalized spacial score (nSPS) is 20.7. The van der Waals surface area contributed by atoms with Crippen molar-refractivity contribution in [2.45, 2.75) is 30.6 Å². The van der Waals surface area contributed by atoms with Crippen LogP contribution >= 0.6 is 0 Å². The van der Waals surface area contributed by atoms with E-state index in [0.717, 1.165) is 24.3 Å². The lowest BCUT2D eigenvalue weighted by Gasteiger charge is -2.33. The number of allylic oxidation sites excluding steroid dienone is 2. The third-order valence-corrected chi connectivity index (χ3v) is 6.22. The summed E-state index contributed by atoms with van der Waals surface area (Å²) in [7, 11) is 0. The lowest BCUT2D eigenvalue weighted by Crippen LogP contribution is -2.33. The second-order valence-electron chi connectivity index (χ2n) is 8.83. The molecule has 0 saturated heterocycles. The minimum atomic E-state index is -4.58. The lowest BCUT2D eigenvalue weighted by atomic mass is 9.66. The Morgan fingerprint density at radius 2 is 1.16 bits per heavy atom. The Balaban J connectivity index is 1.85. The second kappa shape index (κ2) is 9.74. The summed E-state index contributed by atoms with van der Waals surface area (Å²) in [6.45, 7) is 0. The van der Waals surface area contributed by atoms with Crippen molar-refractivity contribution in [2.24, 2.45) is 0 Å². The third kappa shape index (κ3) is 5.67. The number of nitrogens with zero attached hydrogens (tertiary/aromatic N) is 1. The lowest BCUT2D eigenvalue weighted by molar-refractivity contribution is -0.138. The Morgan fingerprint density at radius 1 is 0.703 bits per heavy atom. The predicted molar refractivity (Wildman–Crippen MR) is 127 cm³/mol. The second-order valence-corrected chi connectivity index (χ2v) is 8.83. The maximum atomic E-state index is 13.4. The van der Waals surface area contributed by atoms with Gasteiger partial charge in [-0.05, 0) is 65.9 Å². The molecular weight excluding hydrogens is 492 g/mol. The van der Waals surface area contributed by atoms with E-state index >= 15 is 0 Å². The van der Waals surface area contributed by atoms with Crippen LogP contribution in [-0.4, -0.2) is 5.78 Å². The van der Waals surface area contributed by atoms with E-state index in [-0.39, 0.29) is 35.1 Å².